The van der Waals surface area contributed by atoms with Crippen LogP contribution in [0.4, 0.5) is 0 Å². The van der Waals surface area contributed by atoms with Crippen molar-refractivity contribution in [3.63, 3.8) is 0 Å². The van der Waals surface area contributed by atoms with Crippen LogP contribution in [0.3, 0.4) is 0 Å². The van der Waals surface area contributed by atoms with E-state index in [0.29, 0.717) is 12.1 Å². The van der Waals surface area contributed by atoms with Gasteiger partial charge in [0.1, 0.15) is 0 Å². The molecule has 2 aromatic rings. The van der Waals surface area contributed by atoms with Crippen molar-refractivity contribution in [1.82, 2.24) is 4.90 Å². The number of carbonyl (C=O) groups excluding carboxylic acids is 1. The van der Waals surface area contributed by atoms with E-state index in [0.717, 1.165) is 13.6 Å². The molecule has 0 aliphatic carbocycles. The van der Waals surface area contributed by atoms with E-state index in [1.807, 2.05) is 42.5 Å². The summed E-state index contributed by atoms with van der Waals surface area (Å²) in [5.41, 5.74) is 1.60. The standard InChI is InChI=1S/C16H11BrINO/c1-2-19(11-12-7-3-5-9-14(12)17)16(20)13-8-4-6-10-15(13)18/h1,3-10H,11H2. The van der Waals surface area contributed by atoms with Crippen molar-refractivity contribution in [2.45, 2.75) is 6.54 Å². The van der Waals surface area contributed by atoms with Crippen LogP contribution < -0.4 is 0 Å². The Balaban J connectivity index is 2.26. The number of nitrogens with zero attached hydrogens (tertiary/aromatic N) is 1. The van der Waals surface area contributed by atoms with Gasteiger partial charge in [-0.15, -0.1) is 0 Å². The molecule has 1 amide bonds. The van der Waals surface area contributed by atoms with Crippen LogP contribution in [0.2, 0.25) is 0 Å². The summed E-state index contributed by atoms with van der Waals surface area (Å²) in [5, 5.41) is 0. The van der Waals surface area contributed by atoms with Crippen molar-refractivity contribution in [3.8, 4) is 12.5 Å². The lowest BCUT2D eigenvalue weighted by molar-refractivity contribution is 0.0826. The molecule has 0 spiro atoms. The van der Waals surface area contributed by atoms with Crippen LogP contribution in [0.25, 0.3) is 0 Å². The molecule has 4 heteroatoms. The summed E-state index contributed by atoms with van der Waals surface area (Å²) < 4.78 is 1.83. The smallest absolute Gasteiger partial charge is 0.266 e. The molecule has 2 nitrogen and oxygen atoms in total. The second-order valence-corrected chi connectivity index (χ2v) is 6.11. The van der Waals surface area contributed by atoms with Gasteiger partial charge in [0.05, 0.1) is 12.1 Å². The van der Waals surface area contributed by atoms with Crippen molar-refractivity contribution in [3.05, 3.63) is 67.7 Å². The molecule has 2 rings (SSSR count). The maximum Gasteiger partial charge on any atom is 0.266 e. The normalized spacial score (nSPS) is 9.85. The highest BCUT2D eigenvalue weighted by Crippen LogP contribution is 2.20. The van der Waals surface area contributed by atoms with Crippen molar-refractivity contribution < 1.29 is 4.79 Å². The van der Waals surface area contributed by atoms with Crippen LogP contribution in [0.1, 0.15) is 15.9 Å². The summed E-state index contributed by atoms with van der Waals surface area (Å²) in [6.45, 7) is 0.377. The largest absolute Gasteiger partial charge is 0.268 e. The van der Waals surface area contributed by atoms with Gasteiger partial charge in [-0.3, -0.25) is 9.69 Å². The minimum Gasteiger partial charge on any atom is -0.268 e. The minimum atomic E-state index is -0.159. The van der Waals surface area contributed by atoms with E-state index in [1.54, 1.807) is 6.07 Å². The van der Waals surface area contributed by atoms with Crippen molar-refractivity contribution in [1.29, 1.82) is 0 Å². The predicted molar refractivity (Wildman–Crippen MR) is 92.0 cm³/mol. The first-order valence-electron chi connectivity index (χ1n) is 5.89. The highest BCUT2D eigenvalue weighted by molar-refractivity contribution is 14.1. The highest BCUT2D eigenvalue weighted by Gasteiger charge is 2.17. The van der Waals surface area contributed by atoms with Gasteiger partial charge in [0.15, 0.2) is 0 Å². The number of halogens is 2. The van der Waals surface area contributed by atoms with Gasteiger partial charge in [-0.05, 0) is 46.4 Å². The maximum absolute atomic E-state index is 12.5. The summed E-state index contributed by atoms with van der Waals surface area (Å²) >= 11 is 5.60. The van der Waals surface area contributed by atoms with E-state index in [2.05, 4.69) is 44.6 Å². The molecule has 0 aliphatic rings. The monoisotopic (exact) mass is 439 g/mol. The molecule has 0 aliphatic heterocycles. The van der Waals surface area contributed by atoms with Crippen molar-refractivity contribution >= 4 is 44.4 Å². The van der Waals surface area contributed by atoms with Gasteiger partial charge < -0.3 is 0 Å². The predicted octanol–water partition coefficient (Wildman–Crippen LogP) is 4.29. The van der Waals surface area contributed by atoms with E-state index in [-0.39, 0.29) is 5.91 Å². The molecular formula is C16H11BrINO. The fourth-order valence-corrected chi connectivity index (χ4v) is 2.78. The lowest BCUT2D eigenvalue weighted by Gasteiger charge is -2.17. The number of terminal acetylenes is 1. The van der Waals surface area contributed by atoms with Gasteiger partial charge in [0.2, 0.25) is 0 Å². The average molecular weight is 440 g/mol. The molecule has 20 heavy (non-hydrogen) atoms. The summed E-state index contributed by atoms with van der Waals surface area (Å²) in [6.07, 6.45) is 5.50. The van der Waals surface area contributed by atoms with Crippen molar-refractivity contribution in [2.75, 3.05) is 0 Å². The Morgan fingerprint density at radius 1 is 1.20 bits per heavy atom. The molecule has 0 unspecified atom stereocenters. The Labute approximate surface area is 140 Å². The minimum absolute atomic E-state index is 0.159. The Morgan fingerprint density at radius 3 is 2.50 bits per heavy atom. The van der Waals surface area contributed by atoms with Gasteiger partial charge >= 0.3 is 0 Å². The third kappa shape index (κ3) is 3.41. The van der Waals surface area contributed by atoms with Crippen LogP contribution in [0, 0.1) is 16.0 Å². The van der Waals surface area contributed by atoms with Crippen LogP contribution in [0.15, 0.2) is 53.0 Å². The van der Waals surface area contributed by atoms with Crippen LogP contribution in [-0.4, -0.2) is 10.8 Å². The molecule has 0 fully saturated rings. The maximum atomic E-state index is 12.5. The average Bonchev–Trinajstić information content (AvgIpc) is 2.46. The Kier molecular flexibility index (Phi) is 5.21. The number of hydrogen-bond donors (Lipinski definition) is 0. The number of amides is 1. The molecule has 0 aromatic heterocycles. The SMILES string of the molecule is C#CN(Cc1ccccc1Br)C(=O)c1ccccc1I. The Hall–Kier alpha value is -1.32. The fraction of sp³-hybridized carbons (Fsp3) is 0.0625. The van der Waals surface area contributed by atoms with E-state index in [1.165, 1.54) is 4.90 Å². The van der Waals surface area contributed by atoms with Gasteiger partial charge in [0, 0.05) is 14.1 Å². The van der Waals surface area contributed by atoms with Crippen LogP contribution in [0.5, 0.6) is 0 Å². The van der Waals surface area contributed by atoms with E-state index in [9.17, 15) is 4.79 Å². The zero-order chi connectivity index (χ0) is 14.5. The zero-order valence-corrected chi connectivity index (χ0v) is 14.3. The molecule has 0 saturated carbocycles. The van der Waals surface area contributed by atoms with Gasteiger partial charge in [0.25, 0.3) is 5.91 Å². The Bertz CT molecular complexity index is 678. The van der Waals surface area contributed by atoms with Crippen LogP contribution >= 0.6 is 38.5 Å². The van der Waals surface area contributed by atoms with E-state index in [4.69, 9.17) is 6.42 Å². The molecule has 0 N–H and O–H groups in total. The van der Waals surface area contributed by atoms with E-state index >= 15 is 0 Å². The lowest BCUT2D eigenvalue weighted by Crippen LogP contribution is -2.26. The molecule has 2 aromatic carbocycles. The third-order valence-electron chi connectivity index (χ3n) is 2.79. The third-order valence-corrected chi connectivity index (χ3v) is 4.51. The first-order valence-corrected chi connectivity index (χ1v) is 7.76. The summed E-state index contributed by atoms with van der Waals surface area (Å²) in [6, 6.07) is 17.6. The Morgan fingerprint density at radius 2 is 1.85 bits per heavy atom. The number of carbonyl (C=O) groups is 1. The second kappa shape index (κ2) is 6.91. The van der Waals surface area contributed by atoms with Crippen LogP contribution in [-0.2, 0) is 6.54 Å². The summed E-state index contributed by atoms with van der Waals surface area (Å²) in [4.78, 5) is 13.9. The number of hydrogen-bond acceptors (Lipinski definition) is 1. The molecule has 0 atom stereocenters. The zero-order valence-electron chi connectivity index (χ0n) is 10.5. The van der Waals surface area contributed by atoms with Gasteiger partial charge in [-0.25, -0.2) is 0 Å². The quantitative estimate of drug-likeness (QED) is 0.397. The topological polar surface area (TPSA) is 20.3 Å². The molecule has 100 valence electrons. The highest BCUT2D eigenvalue weighted by atomic mass is 127. The molecule has 0 radical (unpaired) electrons. The summed E-state index contributed by atoms with van der Waals surface area (Å²) in [5.74, 6) is -0.159. The van der Waals surface area contributed by atoms with Gasteiger partial charge in [-0.1, -0.05) is 52.7 Å². The molecule has 0 saturated heterocycles. The molecule has 0 heterocycles. The van der Waals surface area contributed by atoms with Crippen molar-refractivity contribution in [2.24, 2.45) is 0 Å². The van der Waals surface area contributed by atoms with Gasteiger partial charge in [-0.2, -0.15) is 0 Å². The first kappa shape index (κ1) is 15.1. The lowest BCUT2D eigenvalue weighted by atomic mass is 10.1. The first-order chi connectivity index (χ1) is 9.63. The molecular weight excluding hydrogens is 429 g/mol. The number of benzene rings is 2. The second-order valence-electron chi connectivity index (χ2n) is 4.09. The molecule has 0 bridgehead atoms. The number of rotatable bonds is 3. The van der Waals surface area contributed by atoms with E-state index < -0.39 is 0 Å². The fourth-order valence-electron chi connectivity index (χ4n) is 1.75. The summed E-state index contributed by atoms with van der Waals surface area (Å²) in [7, 11) is 0.